The van der Waals surface area contributed by atoms with Crippen molar-refractivity contribution in [1.82, 2.24) is 9.38 Å². The second kappa shape index (κ2) is 3.93. The zero-order chi connectivity index (χ0) is 10.8. The SMILES string of the molecule is COc1ccn2cc(CC(C)C)nc2c1. The van der Waals surface area contributed by atoms with Gasteiger partial charge in [-0.15, -0.1) is 0 Å². The summed E-state index contributed by atoms with van der Waals surface area (Å²) in [5.41, 5.74) is 2.09. The molecule has 0 aliphatic carbocycles. The zero-order valence-corrected chi connectivity index (χ0v) is 9.40. The summed E-state index contributed by atoms with van der Waals surface area (Å²) in [5, 5.41) is 0. The van der Waals surface area contributed by atoms with Gasteiger partial charge in [0.15, 0.2) is 0 Å². The van der Waals surface area contributed by atoms with Gasteiger partial charge in [0.2, 0.25) is 0 Å². The molecule has 0 spiro atoms. The maximum absolute atomic E-state index is 5.16. The van der Waals surface area contributed by atoms with Crippen LogP contribution in [0.3, 0.4) is 0 Å². The number of rotatable bonds is 3. The fourth-order valence-electron chi connectivity index (χ4n) is 1.66. The highest BCUT2D eigenvalue weighted by atomic mass is 16.5. The molecule has 0 N–H and O–H groups in total. The van der Waals surface area contributed by atoms with Gasteiger partial charge in [0.1, 0.15) is 11.4 Å². The van der Waals surface area contributed by atoms with Crippen molar-refractivity contribution < 1.29 is 4.74 Å². The molecule has 0 saturated heterocycles. The molecule has 0 unspecified atom stereocenters. The summed E-state index contributed by atoms with van der Waals surface area (Å²) in [6, 6.07) is 3.89. The summed E-state index contributed by atoms with van der Waals surface area (Å²) < 4.78 is 7.19. The number of fused-ring (bicyclic) bond motifs is 1. The Morgan fingerprint density at radius 3 is 2.93 bits per heavy atom. The van der Waals surface area contributed by atoms with Crippen LogP contribution < -0.4 is 4.74 Å². The number of pyridine rings is 1. The van der Waals surface area contributed by atoms with Crippen LogP contribution in [0.15, 0.2) is 24.5 Å². The molecule has 0 aliphatic heterocycles. The quantitative estimate of drug-likeness (QED) is 0.768. The summed E-state index contributed by atoms with van der Waals surface area (Å²) in [6.07, 6.45) is 5.07. The summed E-state index contributed by atoms with van der Waals surface area (Å²) >= 11 is 0. The third-order valence-corrected chi connectivity index (χ3v) is 2.33. The highest BCUT2D eigenvalue weighted by Crippen LogP contribution is 2.15. The third kappa shape index (κ3) is 2.12. The lowest BCUT2D eigenvalue weighted by atomic mass is 10.1. The van der Waals surface area contributed by atoms with Crippen LogP contribution in [0.5, 0.6) is 5.75 Å². The Morgan fingerprint density at radius 1 is 1.47 bits per heavy atom. The number of hydrogen-bond donors (Lipinski definition) is 0. The molecule has 2 aromatic rings. The number of imidazole rings is 1. The van der Waals surface area contributed by atoms with Crippen LogP contribution >= 0.6 is 0 Å². The summed E-state index contributed by atoms with van der Waals surface area (Å²) in [7, 11) is 1.67. The molecule has 3 nitrogen and oxygen atoms in total. The summed E-state index contributed by atoms with van der Waals surface area (Å²) in [5.74, 6) is 1.49. The molecule has 0 bridgehead atoms. The van der Waals surface area contributed by atoms with Crippen molar-refractivity contribution in [2.45, 2.75) is 20.3 Å². The number of nitrogens with zero attached hydrogens (tertiary/aromatic N) is 2. The molecule has 3 heteroatoms. The van der Waals surface area contributed by atoms with Crippen molar-refractivity contribution in [3.05, 3.63) is 30.2 Å². The van der Waals surface area contributed by atoms with Gasteiger partial charge in [-0.1, -0.05) is 13.8 Å². The topological polar surface area (TPSA) is 26.5 Å². The van der Waals surface area contributed by atoms with Crippen LogP contribution in [0.1, 0.15) is 19.5 Å². The molecule has 0 aromatic carbocycles. The van der Waals surface area contributed by atoms with E-state index in [-0.39, 0.29) is 0 Å². The molecule has 2 rings (SSSR count). The molecular formula is C12H16N2O. The van der Waals surface area contributed by atoms with Gasteiger partial charge in [0.05, 0.1) is 12.8 Å². The molecule has 15 heavy (non-hydrogen) atoms. The average molecular weight is 204 g/mol. The van der Waals surface area contributed by atoms with E-state index < -0.39 is 0 Å². The standard InChI is InChI=1S/C12H16N2O/c1-9(2)6-10-8-14-5-4-11(15-3)7-12(14)13-10/h4-5,7-9H,6H2,1-3H3. The molecule has 0 amide bonds. The van der Waals surface area contributed by atoms with Crippen molar-refractivity contribution in [3.8, 4) is 5.75 Å². The van der Waals surface area contributed by atoms with Crippen molar-refractivity contribution >= 4 is 5.65 Å². The van der Waals surface area contributed by atoms with Gasteiger partial charge in [-0.25, -0.2) is 4.98 Å². The molecule has 0 saturated carbocycles. The molecule has 2 aromatic heterocycles. The predicted octanol–water partition coefficient (Wildman–Crippen LogP) is 2.54. The maximum atomic E-state index is 5.16. The summed E-state index contributed by atoms with van der Waals surface area (Å²) in [6.45, 7) is 4.40. The second-order valence-electron chi connectivity index (χ2n) is 4.16. The predicted molar refractivity (Wildman–Crippen MR) is 60.3 cm³/mol. The highest BCUT2D eigenvalue weighted by Gasteiger charge is 2.04. The number of ether oxygens (including phenoxy) is 1. The second-order valence-corrected chi connectivity index (χ2v) is 4.16. The van der Waals surface area contributed by atoms with Crippen LogP contribution in [0, 0.1) is 5.92 Å². The van der Waals surface area contributed by atoms with E-state index in [0.717, 1.165) is 23.5 Å². The fraction of sp³-hybridized carbons (Fsp3) is 0.417. The first kappa shape index (κ1) is 10.0. The van der Waals surface area contributed by atoms with Crippen molar-refractivity contribution in [1.29, 1.82) is 0 Å². The Labute approximate surface area is 89.7 Å². The Kier molecular flexibility index (Phi) is 2.62. The molecule has 80 valence electrons. The Morgan fingerprint density at radius 2 is 2.27 bits per heavy atom. The molecule has 2 heterocycles. The van der Waals surface area contributed by atoms with Gasteiger partial charge in [-0.05, 0) is 18.4 Å². The Bertz CT molecular complexity index is 460. The van der Waals surface area contributed by atoms with Crippen molar-refractivity contribution in [3.63, 3.8) is 0 Å². The first-order chi connectivity index (χ1) is 7.19. The lowest BCUT2D eigenvalue weighted by molar-refractivity contribution is 0.414. The largest absolute Gasteiger partial charge is 0.497 e. The first-order valence-electron chi connectivity index (χ1n) is 5.20. The van der Waals surface area contributed by atoms with Gasteiger partial charge in [-0.3, -0.25) is 0 Å². The monoisotopic (exact) mass is 204 g/mol. The minimum Gasteiger partial charge on any atom is -0.497 e. The molecule has 0 radical (unpaired) electrons. The molecule has 0 atom stereocenters. The maximum Gasteiger partial charge on any atom is 0.140 e. The van der Waals surface area contributed by atoms with E-state index in [4.69, 9.17) is 4.74 Å². The van der Waals surface area contributed by atoms with Crippen molar-refractivity contribution in [2.24, 2.45) is 5.92 Å². The first-order valence-corrected chi connectivity index (χ1v) is 5.20. The minimum absolute atomic E-state index is 0.636. The van der Waals surface area contributed by atoms with Crippen LogP contribution in [-0.2, 0) is 6.42 Å². The van der Waals surface area contributed by atoms with E-state index in [9.17, 15) is 0 Å². The third-order valence-electron chi connectivity index (χ3n) is 2.33. The van der Waals surface area contributed by atoms with Gasteiger partial charge in [0.25, 0.3) is 0 Å². The van der Waals surface area contributed by atoms with Crippen LogP contribution in [0.4, 0.5) is 0 Å². The fourth-order valence-corrected chi connectivity index (χ4v) is 1.66. The van der Waals surface area contributed by atoms with E-state index in [1.54, 1.807) is 7.11 Å². The number of aromatic nitrogens is 2. The lowest BCUT2D eigenvalue weighted by Crippen LogP contribution is -1.93. The van der Waals surface area contributed by atoms with E-state index in [1.807, 2.05) is 22.7 Å². The smallest absolute Gasteiger partial charge is 0.140 e. The van der Waals surface area contributed by atoms with E-state index in [1.165, 1.54) is 0 Å². The molecule has 0 aliphatic rings. The molecular weight excluding hydrogens is 188 g/mol. The average Bonchev–Trinajstić information content (AvgIpc) is 2.57. The van der Waals surface area contributed by atoms with Crippen molar-refractivity contribution in [2.75, 3.05) is 7.11 Å². The highest BCUT2D eigenvalue weighted by molar-refractivity contribution is 5.45. The summed E-state index contributed by atoms with van der Waals surface area (Å²) in [4.78, 5) is 4.54. The number of methoxy groups -OCH3 is 1. The van der Waals surface area contributed by atoms with Gasteiger partial charge >= 0.3 is 0 Å². The molecule has 0 fully saturated rings. The van der Waals surface area contributed by atoms with Gasteiger partial charge < -0.3 is 9.14 Å². The van der Waals surface area contributed by atoms with Crippen LogP contribution in [-0.4, -0.2) is 16.5 Å². The Hall–Kier alpha value is -1.51. The van der Waals surface area contributed by atoms with E-state index >= 15 is 0 Å². The zero-order valence-electron chi connectivity index (χ0n) is 9.40. The van der Waals surface area contributed by atoms with Gasteiger partial charge in [-0.2, -0.15) is 0 Å². The van der Waals surface area contributed by atoms with Crippen LogP contribution in [0.2, 0.25) is 0 Å². The van der Waals surface area contributed by atoms with Gasteiger partial charge in [0, 0.05) is 18.5 Å². The normalized spacial score (nSPS) is 11.2. The van der Waals surface area contributed by atoms with E-state index in [2.05, 4.69) is 25.0 Å². The Balaban J connectivity index is 2.37. The minimum atomic E-state index is 0.636. The number of hydrogen-bond acceptors (Lipinski definition) is 2. The lowest BCUT2D eigenvalue weighted by Gasteiger charge is -1.98. The van der Waals surface area contributed by atoms with Crippen LogP contribution in [0.25, 0.3) is 5.65 Å². The van der Waals surface area contributed by atoms with E-state index in [0.29, 0.717) is 5.92 Å².